The Morgan fingerprint density at radius 2 is 2.06 bits per heavy atom. The summed E-state index contributed by atoms with van der Waals surface area (Å²) in [5.41, 5.74) is 0.438. The normalized spacial score (nSPS) is 38.6. The second-order valence-corrected chi connectivity index (χ2v) is 6.26. The van der Waals surface area contributed by atoms with Crippen molar-refractivity contribution in [2.75, 3.05) is 26.3 Å². The van der Waals surface area contributed by atoms with Crippen molar-refractivity contribution in [1.82, 2.24) is 10.2 Å². The summed E-state index contributed by atoms with van der Waals surface area (Å²) in [6, 6.07) is 1.36. The van der Waals surface area contributed by atoms with Gasteiger partial charge in [0.15, 0.2) is 0 Å². The molecule has 2 heterocycles. The maximum Gasteiger partial charge on any atom is 0.0622 e. The van der Waals surface area contributed by atoms with Crippen LogP contribution in [-0.2, 0) is 4.74 Å². The van der Waals surface area contributed by atoms with Crippen LogP contribution in [0.2, 0.25) is 0 Å². The van der Waals surface area contributed by atoms with E-state index in [-0.39, 0.29) is 0 Å². The van der Waals surface area contributed by atoms with Crippen molar-refractivity contribution in [2.45, 2.75) is 63.1 Å². The second kappa shape index (κ2) is 4.87. The Morgan fingerprint density at radius 3 is 2.76 bits per heavy atom. The molecule has 0 aromatic carbocycles. The first-order chi connectivity index (χ1) is 8.29. The Labute approximate surface area is 105 Å². The third-order valence-corrected chi connectivity index (χ3v) is 5.01. The highest BCUT2D eigenvalue weighted by Gasteiger charge is 2.41. The number of nitrogens with zero attached hydrogens (tertiary/aromatic N) is 1. The number of hydrogen-bond acceptors (Lipinski definition) is 3. The van der Waals surface area contributed by atoms with Gasteiger partial charge in [0.05, 0.1) is 6.61 Å². The summed E-state index contributed by atoms with van der Waals surface area (Å²) in [7, 11) is 0. The molecule has 1 spiro atoms. The van der Waals surface area contributed by atoms with E-state index in [0.29, 0.717) is 17.6 Å². The second-order valence-electron chi connectivity index (χ2n) is 6.26. The van der Waals surface area contributed by atoms with Gasteiger partial charge >= 0.3 is 0 Å². The molecule has 2 unspecified atom stereocenters. The zero-order valence-electron chi connectivity index (χ0n) is 11.1. The molecule has 3 fully saturated rings. The molecule has 3 aliphatic rings. The van der Waals surface area contributed by atoms with Gasteiger partial charge in [-0.1, -0.05) is 19.3 Å². The van der Waals surface area contributed by atoms with Crippen molar-refractivity contribution >= 4 is 0 Å². The molecule has 98 valence electrons. The largest absolute Gasteiger partial charge is 0.380 e. The number of ether oxygens (including phenoxy) is 1. The monoisotopic (exact) mass is 238 g/mol. The molecule has 0 amide bonds. The van der Waals surface area contributed by atoms with Gasteiger partial charge < -0.3 is 10.1 Å². The number of rotatable bonds is 1. The van der Waals surface area contributed by atoms with Crippen molar-refractivity contribution in [3.8, 4) is 0 Å². The molecule has 0 aromatic heterocycles. The lowest BCUT2D eigenvalue weighted by atomic mass is 9.79. The van der Waals surface area contributed by atoms with Gasteiger partial charge in [0.25, 0.3) is 0 Å². The summed E-state index contributed by atoms with van der Waals surface area (Å²) in [6.07, 6.45) is 8.26. The molecule has 3 rings (SSSR count). The molecule has 1 N–H and O–H groups in total. The third kappa shape index (κ3) is 2.38. The van der Waals surface area contributed by atoms with Crippen LogP contribution < -0.4 is 5.32 Å². The maximum atomic E-state index is 5.57. The van der Waals surface area contributed by atoms with E-state index in [9.17, 15) is 0 Å². The summed E-state index contributed by atoms with van der Waals surface area (Å²) in [5, 5.41) is 3.86. The van der Waals surface area contributed by atoms with E-state index < -0.39 is 0 Å². The minimum Gasteiger partial charge on any atom is -0.380 e. The van der Waals surface area contributed by atoms with Crippen molar-refractivity contribution in [2.24, 2.45) is 0 Å². The van der Waals surface area contributed by atoms with Crippen molar-refractivity contribution < 1.29 is 4.74 Å². The summed E-state index contributed by atoms with van der Waals surface area (Å²) in [6.45, 7) is 6.70. The van der Waals surface area contributed by atoms with E-state index >= 15 is 0 Å². The van der Waals surface area contributed by atoms with E-state index in [1.54, 1.807) is 0 Å². The summed E-state index contributed by atoms with van der Waals surface area (Å²) in [4.78, 5) is 2.73. The maximum absolute atomic E-state index is 5.57. The van der Waals surface area contributed by atoms with Gasteiger partial charge in [0, 0.05) is 37.3 Å². The molecule has 1 aliphatic carbocycles. The van der Waals surface area contributed by atoms with Gasteiger partial charge in [-0.05, 0) is 26.2 Å². The predicted octanol–water partition coefficient (Wildman–Crippen LogP) is 1.77. The van der Waals surface area contributed by atoms with E-state index in [4.69, 9.17) is 4.74 Å². The lowest BCUT2D eigenvalue weighted by Crippen LogP contribution is -2.66. The molecular weight excluding hydrogens is 212 g/mol. The first-order valence-corrected chi connectivity index (χ1v) is 7.38. The Morgan fingerprint density at radius 1 is 1.24 bits per heavy atom. The lowest BCUT2D eigenvalue weighted by molar-refractivity contribution is 0.0265. The summed E-state index contributed by atoms with van der Waals surface area (Å²) in [5.74, 6) is 0. The van der Waals surface area contributed by atoms with Gasteiger partial charge in [0.2, 0.25) is 0 Å². The van der Waals surface area contributed by atoms with E-state index in [0.717, 1.165) is 19.8 Å². The molecule has 2 saturated heterocycles. The average Bonchev–Trinajstić information content (AvgIpc) is 2.88. The highest BCUT2D eigenvalue weighted by molar-refractivity contribution is 5.00. The van der Waals surface area contributed by atoms with E-state index in [1.807, 2.05) is 0 Å². The van der Waals surface area contributed by atoms with Crippen LogP contribution in [0, 0.1) is 0 Å². The number of piperazine rings is 1. The lowest BCUT2D eigenvalue weighted by Gasteiger charge is -2.50. The highest BCUT2D eigenvalue weighted by Crippen LogP contribution is 2.33. The third-order valence-electron chi connectivity index (χ3n) is 5.01. The van der Waals surface area contributed by atoms with Crippen LogP contribution in [0.15, 0.2) is 0 Å². The Kier molecular flexibility index (Phi) is 3.42. The molecular formula is C14H26N2O. The molecule has 2 aliphatic heterocycles. The Bertz CT molecular complexity index is 257. The zero-order chi connectivity index (χ0) is 11.7. The van der Waals surface area contributed by atoms with Crippen molar-refractivity contribution in [3.63, 3.8) is 0 Å². The molecule has 0 aromatic rings. The van der Waals surface area contributed by atoms with Gasteiger partial charge in [-0.25, -0.2) is 0 Å². The standard InChI is InChI=1S/C14H26N2O/c1-12-9-15-14(6-3-2-4-7-14)11-16(12)13-5-8-17-10-13/h12-13,15H,2-11H2,1H3. The van der Waals surface area contributed by atoms with Crippen LogP contribution in [0.25, 0.3) is 0 Å². The fourth-order valence-corrected chi connectivity index (χ4v) is 3.88. The predicted molar refractivity (Wildman–Crippen MR) is 69.2 cm³/mol. The minimum atomic E-state index is 0.438. The SMILES string of the molecule is CC1CNC2(CCCCC2)CN1C1CCOC1. The Hall–Kier alpha value is -0.120. The fourth-order valence-electron chi connectivity index (χ4n) is 3.88. The molecule has 3 nitrogen and oxygen atoms in total. The fraction of sp³-hybridized carbons (Fsp3) is 1.00. The summed E-state index contributed by atoms with van der Waals surface area (Å²) < 4.78 is 5.57. The summed E-state index contributed by atoms with van der Waals surface area (Å²) >= 11 is 0. The van der Waals surface area contributed by atoms with Crippen LogP contribution in [0.5, 0.6) is 0 Å². The van der Waals surface area contributed by atoms with E-state index in [1.165, 1.54) is 45.1 Å². The molecule has 0 radical (unpaired) electrons. The van der Waals surface area contributed by atoms with Gasteiger partial charge in [0.1, 0.15) is 0 Å². The zero-order valence-corrected chi connectivity index (χ0v) is 11.1. The Balaban J connectivity index is 1.69. The van der Waals surface area contributed by atoms with Crippen LogP contribution in [0.4, 0.5) is 0 Å². The molecule has 17 heavy (non-hydrogen) atoms. The first kappa shape index (κ1) is 11.9. The molecule has 3 heteroatoms. The van der Waals surface area contributed by atoms with Crippen LogP contribution >= 0.6 is 0 Å². The molecule has 0 bridgehead atoms. The first-order valence-electron chi connectivity index (χ1n) is 7.38. The average molecular weight is 238 g/mol. The highest BCUT2D eigenvalue weighted by atomic mass is 16.5. The van der Waals surface area contributed by atoms with E-state index in [2.05, 4.69) is 17.1 Å². The number of hydrogen-bond donors (Lipinski definition) is 1. The van der Waals surface area contributed by atoms with Crippen LogP contribution in [0.1, 0.15) is 45.4 Å². The van der Waals surface area contributed by atoms with Crippen LogP contribution in [-0.4, -0.2) is 48.8 Å². The minimum absolute atomic E-state index is 0.438. The van der Waals surface area contributed by atoms with Crippen molar-refractivity contribution in [1.29, 1.82) is 0 Å². The topological polar surface area (TPSA) is 24.5 Å². The quantitative estimate of drug-likeness (QED) is 0.753. The van der Waals surface area contributed by atoms with Gasteiger partial charge in [-0.3, -0.25) is 4.90 Å². The molecule has 1 saturated carbocycles. The smallest absolute Gasteiger partial charge is 0.0622 e. The number of nitrogens with one attached hydrogen (secondary N) is 1. The van der Waals surface area contributed by atoms with Gasteiger partial charge in [-0.2, -0.15) is 0 Å². The van der Waals surface area contributed by atoms with Gasteiger partial charge in [-0.15, -0.1) is 0 Å². The van der Waals surface area contributed by atoms with Crippen molar-refractivity contribution in [3.05, 3.63) is 0 Å². The molecule has 2 atom stereocenters. The van der Waals surface area contributed by atoms with Crippen LogP contribution in [0.3, 0.4) is 0 Å².